The Morgan fingerprint density at radius 3 is 1.68 bits per heavy atom. The topological polar surface area (TPSA) is 124 Å². The van der Waals surface area contributed by atoms with Gasteiger partial charge < -0.3 is 26.4 Å². The van der Waals surface area contributed by atoms with Crippen LogP contribution in [0.15, 0.2) is 68.4 Å². The molecule has 2 aliphatic heterocycles. The van der Waals surface area contributed by atoms with Crippen LogP contribution in [0.3, 0.4) is 0 Å². The van der Waals surface area contributed by atoms with Gasteiger partial charge in [0.05, 0.1) is 0 Å². The van der Waals surface area contributed by atoms with E-state index in [4.69, 9.17) is 5.11 Å². The first-order chi connectivity index (χ1) is 18.5. The minimum absolute atomic E-state index is 0. The van der Waals surface area contributed by atoms with Crippen LogP contribution in [0.25, 0.3) is 10.6 Å². The average molecular weight is 663 g/mol. The number of carbonyl (C=O) groups excluding carboxylic acids is 3. The van der Waals surface area contributed by atoms with E-state index in [0.29, 0.717) is 44.7 Å². The van der Waals surface area contributed by atoms with Crippen molar-refractivity contribution < 1.29 is 62.6 Å². The number of allylic oxidation sites excluding steroid dienone is 1. The molecular weight excluding hydrogens is 645 g/mol. The van der Waals surface area contributed by atoms with E-state index < -0.39 is 24.2 Å². The number of rotatable bonds is 4. The fraction of sp³-hybridized carbons (Fsp3) is 0.208. The molecule has 221 valence electrons. The van der Waals surface area contributed by atoms with Gasteiger partial charge in [-0.2, -0.15) is 26.3 Å². The first-order valence-corrected chi connectivity index (χ1v) is 12.6. The smallest absolute Gasteiger partial charge is 0.651 e. The van der Waals surface area contributed by atoms with Crippen LogP contribution in [0.5, 0.6) is 0 Å². The number of aliphatic hydroxyl groups excluding tert-OH is 1. The Bertz CT molecular complexity index is 1400. The summed E-state index contributed by atoms with van der Waals surface area (Å²) in [6, 6.07) is 9.54. The van der Waals surface area contributed by atoms with Crippen LogP contribution in [0.4, 0.5) is 49.1 Å². The molecule has 8 nitrogen and oxygen atoms in total. The van der Waals surface area contributed by atoms with Gasteiger partial charge in [0.1, 0.15) is 0 Å². The average Bonchev–Trinajstić information content (AvgIpc) is 3.39. The summed E-state index contributed by atoms with van der Waals surface area (Å²) >= 11 is 1.95. The van der Waals surface area contributed by atoms with E-state index in [1.165, 1.54) is 13.8 Å². The third-order valence-corrected chi connectivity index (χ3v) is 6.57. The number of benzene rings is 2. The minimum Gasteiger partial charge on any atom is -0.651 e. The second kappa shape index (κ2) is 13.7. The van der Waals surface area contributed by atoms with Gasteiger partial charge in [-0.3, -0.25) is 14.4 Å². The molecule has 0 saturated carbocycles. The van der Waals surface area contributed by atoms with Crippen LogP contribution in [0.1, 0.15) is 13.8 Å². The van der Waals surface area contributed by atoms with Gasteiger partial charge in [-0.25, -0.2) is 0 Å². The van der Waals surface area contributed by atoms with E-state index in [9.17, 15) is 40.7 Å². The zero-order valence-electron chi connectivity index (χ0n) is 20.7. The number of fused-ring (bicyclic) bond motifs is 2. The van der Waals surface area contributed by atoms with Crippen LogP contribution >= 0.6 is 23.5 Å². The molecule has 2 aliphatic rings. The normalized spacial score (nSPS) is 16.2. The van der Waals surface area contributed by atoms with Gasteiger partial charge in [0.25, 0.3) is 5.78 Å². The molecule has 0 bridgehead atoms. The maximum atomic E-state index is 12.2. The number of hydrogen-bond donors (Lipinski definition) is 3. The van der Waals surface area contributed by atoms with Crippen molar-refractivity contribution in [1.82, 2.24) is 0 Å². The SMILES string of the molecule is CC(=O)Nc1ccc2c(c1)S/C(=C/C(=O)C(F)(F)F)[N-]2.CC(=O)Nc1ccc2c(c1)S/C(=C/C(O)C(F)(F)F)[N-]2.[Co+2]. The van der Waals surface area contributed by atoms with Crippen molar-refractivity contribution in [3.05, 3.63) is 69.2 Å². The zero-order chi connectivity index (χ0) is 29.8. The number of nitrogens with one attached hydrogen (secondary N) is 2. The molecule has 1 unspecified atom stereocenters. The Morgan fingerprint density at radius 1 is 0.829 bits per heavy atom. The summed E-state index contributed by atoms with van der Waals surface area (Å²) in [5, 5.41) is 22.0. The molecule has 4 rings (SSSR count). The fourth-order valence-electron chi connectivity index (χ4n) is 3.00. The van der Waals surface area contributed by atoms with Gasteiger partial charge >= 0.3 is 29.1 Å². The summed E-state index contributed by atoms with van der Waals surface area (Å²) in [6.45, 7) is 2.70. The van der Waals surface area contributed by atoms with Crippen LogP contribution < -0.4 is 10.6 Å². The van der Waals surface area contributed by atoms with Crippen molar-refractivity contribution in [3.63, 3.8) is 0 Å². The van der Waals surface area contributed by atoms with Crippen molar-refractivity contribution in [1.29, 1.82) is 0 Å². The molecule has 0 spiro atoms. The molecule has 3 N–H and O–H groups in total. The van der Waals surface area contributed by atoms with Crippen LogP contribution in [0, 0.1) is 0 Å². The van der Waals surface area contributed by atoms with E-state index in [2.05, 4.69) is 21.3 Å². The summed E-state index contributed by atoms with van der Waals surface area (Å²) in [6.07, 6.45) is -11.0. The number of halogens is 6. The first kappa shape index (κ1) is 34.1. The number of ketones is 1. The van der Waals surface area contributed by atoms with Crippen LogP contribution in [-0.2, 0) is 31.2 Å². The number of alkyl halides is 6. The number of thioether (sulfide) groups is 2. The molecular formula is C24H18CoF6N4O4S2. The Balaban J connectivity index is 0.000000280. The summed E-state index contributed by atoms with van der Waals surface area (Å²) in [5.74, 6) is -2.44. The fourth-order valence-corrected chi connectivity index (χ4v) is 4.91. The quantitative estimate of drug-likeness (QED) is 0.234. The van der Waals surface area contributed by atoms with Crippen LogP contribution in [-0.4, -0.2) is 41.2 Å². The second-order valence-electron chi connectivity index (χ2n) is 7.99. The third kappa shape index (κ3) is 10.0. The van der Waals surface area contributed by atoms with Gasteiger partial charge in [-0.1, -0.05) is 28.3 Å². The summed E-state index contributed by atoms with van der Waals surface area (Å²) in [7, 11) is 0. The van der Waals surface area contributed by atoms with Gasteiger partial charge in [0.2, 0.25) is 11.8 Å². The number of amides is 2. The molecule has 1 radical (unpaired) electrons. The standard InChI is InChI=1S/C12H10F3N2O2S.C12H9F3N2O2S.Co/c2*1-6(18)16-7-2-3-8-9(4-7)20-11(17-8)5-10(19)12(13,14)15;/h2-5,10,19H,1H3,(H,16,18);2-5H,1H3,(H2,16,17,18,19);/q-1;;+2/p-1/b11-5+;;. The number of aliphatic hydroxyl groups is 1. The molecule has 2 amide bonds. The van der Waals surface area contributed by atoms with Gasteiger partial charge in [-0.15, -0.1) is 34.9 Å². The number of anilines is 2. The molecule has 41 heavy (non-hydrogen) atoms. The first-order valence-electron chi connectivity index (χ1n) is 10.9. The monoisotopic (exact) mass is 663 g/mol. The Morgan fingerprint density at radius 2 is 1.27 bits per heavy atom. The summed E-state index contributed by atoms with van der Waals surface area (Å²) in [4.78, 5) is 33.9. The maximum absolute atomic E-state index is 12.2. The van der Waals surface area contributed by atoms with E-state index in [-0.39, 0.29) is 38.7 Å². The van der Waals surface area contributed by atoms with Crippen LogP contribution in [0.2, 0.25) is 0 Å². The maximum Gasteiger partial charge on any atom is 2.00 e. The van der Waals surface area contributed by atoms with E-state index in [1.807, 2.05) is 0 Å². The van der Waals surface area contributed by atoms with Crippen molar-refractivity contribution in [2.45, 2.75) is 42.1 Å². The third-order valence-electron chi connectivity index (χ3n) is 4.62. The molecule has 0 saturated heterocycles. The number of nitrogens with zero attached hydrogens (tertiary/aromatic N) is 2. The number of hydrogen-bond acceptors (Lipinski definition) is 6. The Kier molecular flexibility index (Phi) is 11.4. The largest absolute Gasteiger partial charge is 2.00 e. The predicted octanol–water partition coefficient (Wildman–Crippen LogP) is 7.25. The van der Waals surface area contributed by atoms with Gasteiger partial charge in [0, 0.05) is 25.2 Å². The van der Waals surface area contributed by atoms with E-state index in [1.54, 1.807) is 36.4 Å². The van der Waals surface area contributed by atoms with Gasteiger partial charge in [0.15, 0.2) is 6.10 Å². The summed E-state index contributed by atoms with van der Waals surface area (Å²) < 4.78 is 73.2. The van der Waals surface area contributed by atoms with Crippen molar-refractivity contribution in [2.75, 3.05) is 10.6 Å². The molecule has 17 heteroatoms. The second-order valence-corrected chi connectivity index (χ2v) is 10.1. The predicted molar refractivity (Wildman–Crippen MR) is 139 cm³/mol. The molecule has 0 aromatic heterocycles. The molecule has 2 aromatic carbocycles. The molecule has 0 fully saturated rings. The molecule has 2 aromatic rings. The Labute approximate surface area is 248 Å². The molecule has 2 heterocycles. The summed E-state index contributed by atoms with van der Waals surface area (Å²) in [5.41, 5.74) is 2.02. The van der Waals surface area contributed by atoms with E-state index in [0.717, 1.165) is 23.5 Å². The van der Waals surface area contributed by atoms with Gasteiger partial charge in [-0.05, 0) is 40.1 Å². The van der Waals surface area contributed by atoms with Crippen molar-refractivity contribution >= 4 is 63.9 Å². The Hall–Kier alpha value is -3.12. The number of carbonyl (C=O) groups is 3. The van der Waals surface area contributed by atoms with Crippen molar-refractivity contribution in [3.8, 4) is 0 Å². The van der Waals surface area contributed by atoms with Crippen molar-refractivity contribution in [2.24, 2.45) is 0 Å². The molecule has 1 atom stereocenters. The van der Waals surface area contributed by atoms with E-state index >= 15 is 0 Å². The molecule has 0 aliphatic carbocycles. The zero-order valence-corrected chi connectivity index (χ0v) is 23.4. The minimum atomic E-state index is -4.90.